The van der Waals surface area contributed by atoms with Gasteiger partial charge in [0.25, 0.3) is 0 Å². The molecule has 3 aliphatic rings. The van der Waals surface area contributed by atoms with Crippen LogP contribution in [0, 0.1) is 0 Å². The summed E-state index contributed by atoms with van der Waals surface area (Å²) >= 11 is 5.86. The van der Waals surface area contributed by atoms with Crippen LogP contribution < -0.4 is 10.2 Å². The molecule has 12 heteroatoms. The molecule has 0 bridgehead atoms. The second-order valence-electron chi connectivity index (χ2n) is 8.68. The van der Waals surface area contributed by atoms with Gasteiger partial charge in [-0.15, -0.1) is 0 Å². The molecule has 5 rings (SSSR count). The first-order valence-electron chi connectivity index (χ1n) is 10.6. The fourth-order valence-corrected chi connectivity index (χ4v) is 5.91. The summed E-state index contributed by atoms with van der Waals surface area (Å²) in [6.07, 6.45) is 6.89. The third-order valence-corrected chi connectivity index (χ3v) is 8.18. The molecule has 2 N–H and O–H groups in total. The van der Waals surface area contributed by atoms with Crippen LogP contribution in [0.25, 0.3) is 0 Å². The Balaban J connectivity index is 1.43. The van der Waals surface area contributed by atoms with Crippen LogP contribution in [0.2, 0.25) is 5.02 Å². The monoisotopic (exact) mass is 484 g/mol. The van der Waals surface area contributed by atoms with Gasteiger partial charge in [-0.1, -0.05) is 11.6 Å². The van der Waals surface area contributed by atoms with Crippen LogP contribution in [0.4, 0.5) is 20.5 Å². The van der Waals surface area contributed by atoms with Crippen LogP contribution in [0.15, 0.2) is 17.3 Å². The van der Waals surface area contributed by atoms with Crippen molar-refractivity contribution in [1.29, 1.82) is 0 Å². The van der Waals surface area contributed by atoms with Gasteiger partial charge in [0.1, 0.15) is 22.2 Å². The average Bonchev–Trinajstić information content (AvgIpc) is 2.99. The van der Waals surface area contributed by atoms with E-state index in [9.17, 15) is 18.1 Å². The summed E-state index contributed by atoms with van der Waals surface area (Å²) in [6.45, 7) is 0.958. The first-order chi connectivity index (χ1) is 15.3. The van der Waals surface area contributed by atoms with Gasteiger partial charge in [-0.3, -0.25) is 4.21 Å². The quantitative estimate of drug-likeness (QED) is 0.667. The lowest BCUT2D eigenvalue weighted by atomic mass is 9.77. The SMILES string of the molecule is O=S1CC(F)(F)c2nc(N3CCC(c4ncc(Cl)cn4)CC3)nc(NC3(CO)CCC3)c21. The number of aromatic nitrogens is 4. The van der Waals surface area contributed by atoms with Crippen molar-refractivity contribution in [3.8, 4) is 0 Å². The molecule has 0 aromatic carbocycles. The summed E-state index contributed by atoms with van der Waals surface area (Å²) in [7, 11) is -1.90. The zero-order valence-electron chi connectivity index (χ0n) is 17.2. The number of hydrogen-bond donors (Lipinski definition) is 2. The van der Waals surface area contributed by atoms with Crippen molar-refractivity contribution in [3.63, 3.8) is 0 Å². The van der Waals surface area contributed by atoms with Crippen LogP contribution in [0.1, 0.15) is 49.5 Å². The molecule has 4 heterocycles. The van der Waals surface area contributed by atoms with Crippen molar-refractivity contribution in [3.05, 3.63) is 28.9 Å². The Hall–Kier alpha value is -1.98. The number of anilines is 2. The molecule has 32 heavy (non-hydrogen) atoms. The Kier molecular flexibility index (Phi) is 5.53. The number of fused-ring (bicyclic) bond motifs is 1. The topological polar surface area (TPSA) is 104 Å². The maximum Gasteiger partial charge on any atom is 0.302 e. The Morgan fingerprint density at radius 1 is 1.22 bits per heavy atom. The molecular weight excluding hydrogens is 462 g/mol. The van der Waals surface area contributed by atoms with E-state index < -0.39 is 33.7 Å². The minimum atomic E-state index is -3.28. The Morgan fingerprint density at radius 3 is 2.50 bits per heavy atom. The van der Waals surface area contributed by atoms with Gasteiger partial charge in [0.2, 0.25) is 5.95 Å². The van der Waals surface area contributed by atoms with E-state index in [1.165, 1.54) is 0 Å². The van der Waals surface area contributed by atoms with E-state index in [0.717, 1.165) is 6.42 Å². The van der Waals surface area contributed by atoms with E-state index in [1.807, 2.05) is 4.90 Å². The molecule has 2 aliphatic heterocycles. The third-order valence-electron chi connectivity index (χ3n) is 6.52. The number of rotatable bonds is 5. The molecule has 172 valence electrons. The Bertz CT molecular complexity index is 1040. The third kappa shape index (κ3) is 3.84. The zero-order valence-corrected chi connectivity index (χ0v) is 18.8. The van der Waals surface area contributed by atoms with E-state index in [1.54, 1.807) is 12.4 Å². The second kappa shape index (κ2) is 8.11. The Labute approximate surface area is 191 Å². The predicted octanol–water partition coefficient (Wildman–Crippen LogP) is 2.84. The van der Waals surface area contributed by atoms with Gasteiger partial charge in [0.05, 0.1) is 33.7 Å². The van der Waals surface area contributed by atoms with Crippen LogP contribution in [0.5, 0.6) is 0 Å². The molecule has 0 amide bonds. The van der Waals surface area contributed by atoms with E-state index >= 15 is 0 Å². The highest BCUT2D eigenvalue weighted by molar-refractivity contribution is 7.85. The average molecular weight is 485 g/mol. The molecular formula is C20H23ClF2N6O2S. The summed E-state index contributed by atoms with van der Waals surface area (Å²) in [4.78, 5) is 19.1. The minimum Gasteiger partial charge on any atom is -0.394 e. The molecule has 0 spiro atoms. The summed E-state index contributed by atoms with van der Waals surface area (Å²) in [5, 5.41) is 13.4. The highest BCUT2D eigenvalue weighted by Crippen LogP contribution is 2.45. The van der Waals surface area contributed by atoms with Gasteiger partial charge >= 0.3 is 5.92 Å². The number of piperidine rings is 1. The Morgan fingerprint density at radius 2 is 1.91 bits per heavy atom. The van der Waals surface area contributed by atoms with Crippen LogP contribution in [-0.4, -0.2) is 60.2 Å². The molecule has 8 nitrogen and oxygen atoms in total. The number of nitrogens with zero attached hydrogens (tertiary/aromatic N) is 5. The summed E-state index contributed by atoms with van der Waals surface area (Å²) < 4.78 is 41.8. The normalized spacial score (nSPS) is 24.1. The first kappa shape index (κ1) is 21.8. The van der Waals surface area contributed by atoms with Gasteiger partial charge in [0.15, 0.2) is 0 Å². The number of hydrogen-bond acceptors (Lipinski definition) is 8. The van der Waals surface area contributed by atoms with Crippen molar-refractivity contribution < 1.29 is 18.1 Å². The lowest BCUT2D eigenvalue weighted by Crippen LogP contribution is -2.49. The van der Waals surface area contributed by atoms with Gasteiger partial charge in [-0.25, -0.2) is 15.0 Å². The van der Waals surface area contributed by atoms with Gasteiger partial charge < -0.3 is 15.3 Å². The standard InChI is InChI=1S/C20H23ClF2N6O2S/c21-13-8-24-16(25-9-13)12-2-6-29(7-3-12)18-26-15-14(32(31)11-20(15,22)23)17(27-18)28-19(10-30)4-1-5-19/h8-9,12,30H,1-7,10-11H2,(H,26,27,28). The zero-order chi connectivity index (χ0) is 22.5. The van der Waals surface area contributed by atoms with E-state index in [-0.39, 0.29) is 29.2 Å². The largest absolute Gasteiger partial charge is 0.394 e. The molecule has 2 aromatic heterocycles. The molecule has 2 aromatic rings. The van der Waals surface area contributed by atoms with Crippen molar-refractivity contribution in [2.45, 2.75) is 54.4 Å². The predicted molar refractivity (Wildman–Crippen MR) is 116 cm³/mol. The smallest absolute Gasteiger partial charge is 0.302 e. The molecule has 1 atom stereocenters. The molecule has 1 aliphatic carbocycles. The summed E-state index contributed by atoms with van der Waals surface area (Å²) in [6, 6.07) is 0. The van der Waals surface area contributed by atoms with Crippen molar-refractivity contribution in [2.24, 2.45) is 0 Å². The number of halogens is 3. The summed E-state index contributed by atoms with van der Waals surface area (Å²) in [5.74, 6) is -2.89. The molecule has 2 fully saturated rings. The van der Waals surface area contributed by atoms with Gasteiger partial charge in [0, 0.05) is 31.4 Å². The second-order valence-corrected chi connectivity index (χ2v) is 10.5. The van der Waals surface area contributed by atoms with Crippen LogP contribution >= 0.6 is 11.6 Å². The van der Waals surface area contributed by atoms with E-state index in [2.05, 4.69) is 25.3 Å². The molecule has 0 radical (unpaired) electrons. The molecule has 1 unspecified atom stereocenters. The van der Waals surface area contributed by atoms with Gasteiger partial charge in [-0.05, 0) is 32.1 Å². The minimum absolute atomic E-state index is 0.0390. The molecule has 1 saturated heterocycles. The number of alkyl halides is 2. The lowest BCUT2D eigenvalue weighted by molar-refractivity contribution is 0.0191. The van der Waals surface area contributed by atoms with Crippen molar-refractivity contribution >= 4 is 34.2 Å². The summed E-state index contributed by atoms with van der Waals surface area (Å²) in [5.41, 5.74) is -1.08. The van der Waals surface area contributed by atoms with Crippen molar-refractivity contribution in [1.82, 2.24) is 19.9 Å². The maximum absolute atomic E-state index is 14.6. The number of nitrogens with one attached hydrogen (secondary N) is 1. The lowest BCUT2D eigenvalue weighted by Gasteiger charge is -2.42. The number of aliphatic hydroxyl groups excluding tert-OH is 1. The fraction of sp³-hybridized carbons (Fsp3) is 0.600. The fourth-order valence-electron chi connectivity index (χ4n) is 4.48. The van der Waals surface area contributed by atoms with E-state index in [4.69, 9.17) is 11.6 Å². The highest BCUT2D eigenvalue weighted by atomic mass is 35.5. The van der Waals surface area contributed by atoms with E-state index in [0.29, 0.717) is 49.6 Å². The maximum atomic E-state index is 14.6. The van der Waals surface area contributed by atoms with Gasteiger partial charge in [-0.2, -0.15) is 13.8 Å². The number of aliphatic hydroxyl groups is 1. The van der Waals surface area contributed by atoms with Crippen LogP contribution in [-0.2, 0) is 16.7 Å². The first-order valence-corrected chi connectivity index (χ1v) is 12.3. The highest BCUT2D eigenvalue weighted by Gasteiger charge is 2.49. The van der Waals surface area contributed by atoms with Crippen molar-refractivity contribution in [2.75, 3.05) is 35.7 Å². The van der Waals surface area contributed by atoms with Crippen LogP contribution in [0.3, 0.4) is 0 Å². The molecule has 1 saturated carbocycles.